The standard InChI is InChI=1S/C14H20N2O2.ClH/c17-13-4-2-1-3-12(13)16-14(18)6-5-11-7-9-15-10-8-11;/h1-4,11,15,17H,5-10H2,(H,16,18);1H. The van der Waals surface area contributed by atoms with E-state index in [4.69, 9.17) is 0 Å². The van der Waals surface area contributed by atoms with Crippen LogP contribution in [0.1, 0.15) is 25.7 Å². The lowest BCUT2D eigenvalue weighted by Gasteiger charge is -2.22. The van der Waals surface area contributed by atoms with E-state index >= 15 is 0 Å². The van der Waals surface area contributed by atoms with Crippen molar-refractivity contribution in [1.82, 2.24) is 5.32 Å². The van der Waals surface area contributed by atoms with Crippen LogP contribution in [0.5, 0.6) is 5.75 Å². The SMILES string of the molecule is Cl.O=C(CCC1CCNCC1)Nc1ccccc1O. The highest BCUT2D eigenvalue weighted by molar-refractivity contribution is 5.92. The minimum absolute atomic E-state index is 0. The zero-order valence-electron chi connectivity index (χ0n) is 10.9. The summed E-state index contributed by atoms with van der Waals surface area (Å²) in [5, 5.41) is 15.6. The lowest BCUT2D eigenvalue weighted by molar-refractivity contribution is -0.116. The quantitative estimate of drug-likeness (QED) is 0.745. The van der Waals surface area contributed by atoms with E-state index < -0.39 is 0 Å². The number of rotatable bonds is 4. The van der Waals surface area contributed by atoms with Gasteiger partial charge in [0.05, 0.1) is 5.69 Å². The van der Waals surface area contributed by atoms with Crippen LogP contribution in [-0.4, -0.2) is 24.1 Å². The van der Waals surface area contributed by atoms with Crippen molar-refractivity contribution >= 4 is 24.0 Å². The maximum Gasteiger partial charge on any atom is 0.224 e. The maximum atomic E-state index is 11.8. The summed E-state index contributed by atoms with van der Waals surface area (Å²) in [6.45, 7) is 2.12. The van der Waals surface area contributed by atoms with Crippen molar-refractivity contribution in [2.24, 2.45) is 5.92 Å². The summed E-state index contributed by atoms with van der Waals surface area (Å²) in [7, 11) is 0. The molecule has 1 aliphatic heterocycles. The Kier molecular flexibility index (Phi) is 6.67. The van der Waals surface area contributed by atoms with E-state index in [9.17, 15) is 9.90 Å². The molecule has 19 heavy (non-hydrogen) atoms. The molecule has 1 heterocycles. The van der Waals surface area contributed by atoms with Gasteiger partial charge < -0.3 is 15.7 Å². The van der Waals surface area contributed by atoms with Crippen LogP contribution in [0.2, 0.25) is 0 Å². The van der Waals surface area contributed by atoms with Crippen LogP contribution < -0.4 is 10.6 Å². The Morgan fingerprint density at radius 1 is 1.32 bits per heavy atom. The number of phenols is 1. The van der Waals surface area contributed by atoms with Crippen molar-refractivity contribution in [3.05, 3.63) is 24.3 Å². The average molecular weight is 285 g/mol. The second kappa shape index (κ2) is 8.02. The Bertz CT molecular complexity index is 406. The molecule has 0 spiro atoms. The summed E-state index contributed by atoms with van der Waals surface area (Å²) in [5.41, 5.74) is 0.493. The van der Waals surface area contributed by atoms with Crippen LogP contribution in [0, 0.1) is 5.92 Å². The van der Waals surface area contributed by atoms with E-state index in [1.165, 1.54) is 0 Å². The van der Waals surface area contributed by atoms with Gasteiger partial charge in [-0.1, -0.05) is 12.1 Å². The normalized spacial score (nSPS) is 15.6. The zero-order chi connectivity index (χ0) is 12.8. The number of halogens is 1. The number of hydrogen-bond acceptors (Lipinski definition) is 3. The fourth-order valence-corrected chi connectivity index (χ4v) is 2.30. The molecule has 1 saturated heterocycles. The first-order valence-corrected chi connectivity index (χ1v) is 6.54. The Hall–Kier alpha value is -1.26. The Balaban J connectivity index is 0.00000180. The highest BCUT2D eigenvalue weighted by Gasteiger charge is 2.14. The molecule has 106 valence electrons. The number of piperidine rings is 1. The first-order valence-electron chi connectivity index (χ1n) is 6.54. The van der Waals surface area contributed by atoms with E-state index in [0.717, 1.165) is 32.4 Å². The van der Waals surface area contributed by atoms with E-state index in [2.05, 4.69) is 10.6 Å². The molecule has 1 aromatic carbocycles. The maximum absolute atomic E-state index is 11.8. The van der Waals surface area contributed by atoms with Gasteiger partial charge in [-0.2, -0.15) is 0 Å². The highest BCUT2D eigenvalue weighted by atomic mass is 35.5. The second-order valence-electron chi connectivity index (χ2n) is 4.80. The van der Waals surface area contributed by atoms with Crippen LogP contribution in [0.3, 0.4) is 0 Å². The van der Waals surface area contributed by atoms with E-state index in [1.54, 1.807) is 24.3 Å². The molecular formula is C14H21ClN2O2. The minimum Gasteiger partial charge on any atom is -0.506 e. The average Bonchev–Trinajstić information content (AvgIpc) is 2.40. The summed E-state index contributed by atoms with van der Waals surface area (Å²) in [5.74, 6) is 0.754. The number of amides is 1. The van der Waals surface area contributed by atoms with Crippen molar-refractivity contribution in [3.63, 3.8) is 0 Å². The van der Waals surface area contributed by atoms with Gasteiger partial charge in [0.1, 0.15) is 5.75 Å². The van der Waals surface area contributed by atoms with Crippen molar-refractivity contribution in [2.75, 3.05) is 18.4 Å². The van der Waals surface area contributed by atoms with Gasteiger partial charge >= 0.3 is 0 Å². The number of aromatic hydroxyl groups is 1. The third kappa shape index (κ3) is 5.09. The number of hydrogen-bond donors (Lipinski definition) is 3. The van der Waals surface area contributed by atoms with Crippen LogP contribution in [0.25, 0.3) is 0 Å². The number of phenolic OH excluding ortho intramolecular Hbond substituents is 1. The third-order valence-electron chi connectivity index (χ3n) is 3.42. The van der Waals surface area contributed by atoms with Gasteiger partial charge in [-0.3, -0.25) is 4.79 Å². The molecule has 5 heteroatoms. The van der Waals surface area contributed by atoms with Crippen molar-refractivity contribution < 1.29 is 9.90 Å². The summed E-state index contributed by atoms with van der Waals surface area (Å²) >= 11 is 0. The van der Waals surface area contributed by atoms with Gasteiger partial charge in [-0.25, -0.2) is 0 Å². The fraction of sp³-hybridized carbons (Fsp3) is 0.500. The molecule has 2 rings (SSSR count). The molecular weight excluding hydrogens is 264 g/mol. The molecule has 0 aromatic heterocycles. The number of anilines is 1. The van der Waals surface area contributed by atoms with Crippen LogP contribution in [0.15, 0.2) is 24.3 Å². The molecule has 1 aromatic rings. The molecule has 0 radical (unpaired) electrons. The Morgan fingerprint density at radius 3 is 2.68 bits per heavy atom. The highest BCUT2D eigenvalue weighted by Crippen LogP contribution is 2.23. The van der Waals surface area contributed by atoms with Gasteiger partial charge in [0.25, 0.3) is 0 Å². The lowest BCUT2D eigenvalue weighted by Crippen LogP contribution is -2.28. The first-order chi connectivity index (χ1) is 8.75. The monoisotopic (exact) mass is 284 g/mol. The molecule has 1 fully saturated rings. The molecule has 0 atom stereocenters. The number of para-hydroxylation sites is 2. The van der Waals surface area contributed by atoms with Crippen molar-refractivity contribution in [3.8, 4) is 5.75 Å². The van der Waals surface area contributed by atoms with Gasteiger partial charge in [0.2, 0.25) is 5.91 Å². The van der Waals surface area contributed by atoms with Crippen molar-refractivity contribution in [1.29, 1.82) is 0 Å². The van der Waals surface area contributed by atoms with Crippen LogP contribution in [0.4, 0.5) is 5.69 Å². The van der Waals surface area contributed by atoms with E-state index in [1.807, 2.05) is 0 Å². The summed E-state index contributed by atoms with van der Waals surface area (Å²) < 4.78 is 0. The van der Waals surface area contributed by atoms with E-state index in [0.29, 0.717) is 18.0 Å². The molecule has 4 nitrogen and oxygen atoms in total. The van der Waals surface area contributed by atoms with Gasteiger partial charge in [-0.05, 0) is 50.4 Å². The van der Waals surface area contributed by atoms with E-state index in [-0.39, 0.29) is 24.1 Å². The summed E-state index contributed by atoms with van der Waals surface area (Å²) in [6, 6.07) is 6.81. The number of carbonyl (C=O) groups is 1. The lowest BCUT2D eigenvalue weighted by atomic mass is 9.93. The first kappa shape index (κ1) is 15.8. The van der Waals surface area contributed by atoms with Crippen LogP contribution in [-0.2, 0) is 4.79 Å². The summed E-state index contributed by atoms with van der Waals surface area (Å²) in [4.78, 5) is 11.8. The zero-order valence-corrected chi connectivity index (χ0v) is 11.7. The van der Waals surface area contributed by atoms with Gasteiger partial charge in [-0.15, -0.1) is 12.4 Å². The fourth-order valence-electron chi connectivity index (χ4n) is 2.30. The molecule has 1 aliphatic rings. The Morgan fingerprint density at radius 2 is 2.00 bits per heavy atom. The number of benzene rings is 1. The molecule has 1 amide bonds. The molecule has 3 N–H and O–H groups in total. The third-order valence-corrected chi connectivity index (χ3v) is 3.42. The molecule has 0 aliphatic carbocycles. The Labute approximate surface area is 120 Å². The predicted molar refractivity (Wildman–Crippen MR) is 78.8 cm³/mol. The minimum atomic E-state index is -0.0185. The van der Waals surface area contributed by atoms with Gasteiger partial charge in [0, 0.05) is 6.42 Å². The van der Waals surface area contributed by atoms with Gasteiger partial charge in [0.15, 0.2) is 0 Å². The number of carbonyl (C=O) groups excluding carboxylic acids is 1. The molecule has 0 unspecified atom stereocenters. The molecule has 0 bridgehead atoms. The predicted octanol–water partition coefficient (Wildman–Crippen LogP) is 2.53. The second-order valence-corrected chi connectivity index (χ2v) is 4.80. The molecule has 0 saturated carbocycles. The van der Waals surface area contributed by atoms with Crippen LogP contribution >= 0.6 is 12.4 Å². The smallest absolute Gasteiger partial charge is 0.224 e. The summed E-state index contributed by atoms with van der Waals surface area (Å²) in [6.07, 6.45) is 3.77. The number of nitrogens with one attached hydrogen (secondary N) is 2. The topological polar surface area (TPSA) is 61.4 Å². The largest absolute Gasteiger partial charge is 0.506 e. The van der Waals surface area contributed by atoms with Crippen molar-refractivity contribution in [2.45, 2.75) is 25.7 Å².